The fraction of sp³-hybridized carbons (Fsp3) is 0.400. The summed E-state index contributed by atoms with van der Waals surface area (Å²) in [6.07, 6.45) is 0. The zero-order valence-electron chi connectivity index (χ0n) is 19.4. The number of carbonyl (C=O) groups excluding carboxylic acids is 1. The van der Waals surface area contributed by atoms with Crippen LogP contribution < -0.4 is 10.5 Å². The van der Waals surface area contributed by atoms with Crippen LogP contribution in [0.4, 0.5) is 5.95 Å². The van der Waals surface area contributed by atoms with E-state index in [0.29, 0.717) is 28.5 Å². The summed E-state index contributed by atoms with van der Waals surface area (Å²) in [6.45, 7) is 11.8. The van der Waals surface area contributed by atoms with E-state index < -0.39 is 5.97 Å². The number of carbonyl (C=O) groups is 1. The Morgan fingerprint density at radius 1 is 1.00 bits per heavy atom. The van der Waals surface area contributed by atoms with Crippen LogP contribution >= 0.6 is 0 Å². The van der Waals surface area contributed by atoms with Crippen molar-refractivity contribution in [1.29, 1.82) is 0 Å². The van der Waals surface area contributed by atoms with Gasteiger partial charge in [-0.15, -0.1) is 0 Å². The number of methoxy groups -OCH3 is 1. The first-order valence-corrected chi connectivity index (χ1v) is 11.0. The fourth-order valence-electron chi connectivity index (χ4n) is 4.38. The van der Waals surface area contributed by atoms with Crippen LogP contribution in [0.1, 0.15) is 35.3 Å². The zero-order valence-corrected chi connectivity index (χ0v) is 19.4. The molecule has 1 fully saturated rings. The Balaban J connectivity index is 1.91. The molecule has 168 valence electrons. The molecule has 0 spiro atoms. The number of benzene rings is 2. The van der Waals surface area contributed by atoms with Gasteiger partial charge in [0.2, 0.25) is 5.95 Å². The van der Waals surface area contributed by atoms with Gasteiger partial charge < -0.3 is 9.64 Å². The number of anilines is 1. The molecule has 1 saturated heterocycles. The lowest BCUT2D eigenvalue weighted by Crippen LogP contribution is -2.50. The van der Waals surface area contributed by atoms with Crippen molar-refractivity contribution in [3.8, 4) is 5.69 Å². The summed E-state index contributed by atoms with van der Waals surface area (Å²) in [5.41, 5.74) is 3.72. The molecule has 7 heteroatoms. The van der Waals surface area contributed by atoms with Crippen molar-refractivity contribution in [2.75, 3.05) is 38.2 Å². The number of esters is 1. The number of fused-ring (bicyclic) bond motifs is 1. The van der Waals surface area contributed by atoms with Gasteiger partial charge in [0.15, 0.2) is 0 Å². The summed E-state index contributed by atoms with van der Waals surface area (Å²) < 4.78 is 6.56. The number of aryl methyl sites for hydroxylation is 2. The molecule has 0 amide bonds. The first-order chi connectivity index (χ1) is 15.3. The highest BCUT2D eigenvalue weighted by Gasteiger charge is 2.24. The quantitative estimate of drug-likeness (QED) is 0.587. The molecule has 0 radical (unpaired) electrons. The minimum absolute atomic E-state index is 0.141. The Morgan fingerprint density at radius 2 is 1.66 bits per heavy atom. The summed E-state index contributed by atoms with van der Waals surface area (Å²) in [5.74, 6) is 0.164. The van der Waals surface area contributed by atoms with Crippen molar-refractivity contribution in [1.82, 2.24) is 14.5 Å². The van der Waals surface area contributed by atoms with Crippen molar-refractivity contribution in [2.45, 2.75) is 33.7 Å². The molecule has 0 atom stereocenters. The second kappa shape index (κ2) is 8.74. The van der Waals surface area contributed by atoms with Crippen LogP contribution in [-0.2, 0) is 4.74 Å². The van der Waals surface area contributed by atoms with Crippen LogP contribution in [0.3, 0.4) is 0 Å². The van der Waals surface area contributed by atoms with E-state index in [1.807, 2.05) is 26.0 Å². The second-order valence-corrected chi connectivity index (χ2v) is 8.74. The summed E-state index contributed by atoms with van der Waals surface area (Å²) in [7, 11) is 1.34. The smallest absolute Gasteiger partial charge is 0.337 e. The molecule has 2 aromatic carbocycles. The number of ether oxygens (including phenoxy) is 1. The first-order valence-electron chi connectivity index (χ1n) is 11.0. The predicted molar refractivity (Wildman–Crippen MR) is 127 cm³/mol. The van der Waals surface area contributed by atoms with E-state index in [-0.39, 0.29) is 5.56 Å². The van der Waals surface area contributed by atoms with Crippen molar-refractivity contribution in [3.63, 3.8) is 0 Å². The largest absolute Gasteiger partial charge is 0.465 e. The maximum atomic E-state index is 13.7. The minimum Gasteiger partial charge on any atom is -0.465 e. The lowest BCUT2D eigenvalue weighted by Gasteiger charge is -2.38. The van der Waals surface area contributed by atoms with Crippen LogP contribution in [-0.4, -0.2) is 59.8 Å². The third-order valence-corrected chi connectivity index (χ3v) is 6.06. The average Bonchev–Trinajstić information content (AvgIpc) is 2.77. The third-order valence-electron chi connectivity index (χ3n) is 6.06. The van der Waals surface area contributed by atoms with Crippen LogP contribution in [0.25, 0.3) is 16.6 Å². The number of rotatable bonds is 4. The normalized spacial score (nSPS) is 14.9. The summed E-state index contributed by atoms with van der Waals surface area (Å²) in [4.78, 5) is 35.2. The topological polar surface area (TPSA) is 67.7 Å². The van der Waals surface area contributed by atoms with E-state index in [4.69, 9.17) is 9.72 Å². The molecule has 0 bridgehead atoms. The van der Waals surface area contributed by atoms with E-state index in [1.54, 1.807) is 22.8 Å². The molecule has 4 rings (SSSR count). The molecule has 1 aliphatic heterocycles. The molecule has 1 aliphatic rings. The van der Waals surface area contributed by atoms with Gasteiger partial charge in [-0.2, -0.15) is 0 Å². The SMILES string of the molecule is COC(=O)c1ccc2c(=O)n(-c3cc(C)cc(C)c3)c(N3CCN(C(C)C)CC3)nc2c1. The van der Waals surface area contributed by atoms with Crippen LogP contribution in [0.5, 0.6) is 0 Å². The number of piperazine rings is 1. The number of hydrogen-bond donors (Lipinski definition) is 0. The molecule has 0 N–H and O–H groups in total. The molecule has 2 heterocycles. The Morgan fingerprint density at radius 3 is 2.25 bits per heavy atom. The molecule has 0 saturated carbocycles. The Hall–Kier alpha value is -3.19. The van der Waals surface area contributed by atoms with E-state index in [2.05, 4.69) is 29.7 Å². The number of nitrogens with zero attached hydrogens (tertiary/aromatic N) is 4. The van der Waals surface area contributed by atoms with Gasteiger partial charge in [0, 0.05) is 32.2 Å². The van der Waals surface area contributed by atoms with Gasteiger partial charge in [-0.05, 0) is 69.2 Å². The molecular formula is C25H30N4O3. The number of hydrogen-bond acceptors (Lipinski definition) is 6. The monoisotopic (exact) mass is 434 g/mol. The summed E-state index contributed by atoms with van der Waals surface area (Å²) in [5, 5.41) is 0.473. The fourth-order valence-corrected chi connectivity index (χ4v) is 4.38. The first kappa shape index (κ1) is 22.0. The summed E-state index contributed by atoms with van der Waals surface area (Å²) >= 11 is 0. The molecule has 32 heavy (non-hydrogen) atoms. The van der Waals surface area contributed by atoms with Gasteiger partial charge in [-0.3, -0.25) is 9.69 Å². The predicted octanol–water partition coefficient (Wildman–Crippen LogP) is 3.32. The van der Waals surface area contributed by atoms with Gasteiger partial charge in [-0.1, -0.05) is 6.07 Å². The molecular weight excluding hydrogens is 404 g/mol. The van der Waals surface area contributed by atoms with Crippen LogP contribution in [0, 0.1) is 13.8 Å². The third kappa shape index (κ3) is 4.12. The Bertz CT molecular complexity index is 1200. The van der Waals surface area contributed by atoms with E-state index in [0.717, 1.165) is 43.0 Å². The molecule has 1 aromatic heterocycles. The number of aromatic nitrogens is 2. The highest BCUT2D eigenvalue weighted by atomic mass is 16.5. The maximum absolute atomic E-state index is 13.7. The van der Waals surface area contributed by atoms with Crippen LogP contribution in [0.2, 0.25) is 0 Å². The highest BCUT2D eigenvalue weighted by molar-refractivity contribution is 5.94. The molecule has 3 aromatic rings. The lowest BCUT2D eigenvalue weighted by molar-refractivity contribution is 0.0601. The average molecular weight is 435 g/mol. The Kier molecular flexibility index (Phi) is 6.02. The zero-order chi connectivity index (χ0) is 23.0. The van der Waals surface area contributed by atoms with Crippen molar-refractivity contribution in [2.24, 2.45) is 0 Å². The van der Waals surface area contributed by atoms with Crippen molar-refractivity contribution >= 4 is 22.8 Å². The van der Waals surface area contributed by atoms with Gasteiger partial charge >= 0.3 is 5.97 Å². The second-order valence-electron chi connectivity index (χ2n) is 8.74. The van der Waals surface area contributed by atoms with Gasteiger partial charge in [-0.25, -0.2) is 14.3 Å². The van der Waals surface area contributed by atoms with E-state index in [9.17, 15) is 9.59 Å². The molecule has 7 nitrogen and oxygen atoms in total. The van der Waals surface area contributed by atoms with Gasteiger partial charge in [0.1, 0.15) is 0 Å². The van der Waals surface area contributed by atoms with E-state index in [1.165, 1.54) is 7.11 Å². The standard InChI is InChI=1S/C25H30N4O3/c1-16(2)27-8-10-28(11-9-27)25-26-22-15-19(24(31)32-5)6-7-21(22)23(30)29(25)20-13-17(3)12-18(4)14-20/h6-7,12-16H,8-11H2,1-5H3. The minimum atomic E-state index is -0.445. The Labute approximate surface area is 188 Å². The molecule has 0 unspecified atom stereocenters. The van der Waals surface area contributed by atoms with E-state index >= 15 is 0 Å². The maximum Gasteiger partial charge on any atom is 0.337 e. The van der Waals surface area contributed by atoms with Gasteiger partial charge in [0.05, 0.1) is 29.3 Å². The lowest BCUT2D eigenvalue weighted by atomic mass is 10.1. The van der Waals surface area contributed by atoms with Crippen LogP contribution in [0.15, 0.2) is 41.2 Å². The highest BCUT2D eigenvalue weighted by Crippen LogP contribution is 2.23. The van der Waals surface area contributed by atoms with Crippen molar-refractivity contribution in [3.05, 3.63) is 63.4 Å². The van der Waals surface area contributed by atoms with Crippen molar-refractivity contribution < 1.29 is 9.53 Å². The molecule has 0 aliphatic carbocycles. The van der Waals surface area contributed by atoms with Gasteiger partial charge in [0.25, 0.3) is 5.56 Å². The summed E-state index contributed by atoms with van der Waals surface area (Å²) in [6, 6.07) is 11.5.